The summed E-state index contributed by atoms with van der Waals surface area (Å²) in [5.41, 5.74) is 0. The second-order valence-corrected chi connectivity index (χ2v) is 4.53. The van der Waals surface area contributed by atoms with Gasteiger partial charge in [-0.3, -0.25) is 9.59 Å². The molecule has 2 amide bonds. The van der Waals surface area contributed by atoms with Crippen molar-refractivity contribution < 1.29 is 14.3 Å². The highest BCUT2D eigenvalue weighted by Crippen LogP contribution is 1.93. The summed E-state index contributed by atoms with van der Waals surface area (Å²) in [5, 5.41) is 8.56. The van der Waals surface area contributed by atoms with Gasteiger partial charge in [0.15, 0.2) is 0 Å². The number of nitrogens with one attached hydrogen (secondary N) is 3. The lowest BCUT2D eigenvalue weighted by atomic mass is 10.2. The Balaban J connectivity index is 3.47. The highest BCUT2D eigenvalue weighted by molar-refractivity contribution is 5.78. The van der Waals surface area contributed by atoms with Gasteiger partial charge in [0.05, 0.1) is 13.2 Å². The highest BCUT2D eigenvalue weighted by atomic mass is 16.5. The van der Waals surface area contributed by atoms with Gasteiger partial charge < -0.3 is 20.7 Å². The zero-order chi connectivity index (χ0) is 14.5. The van der Waals surface area contributed by atoms with Crippen molar-refractivity contribution in [1.29, 1.82) is 0 Å². The van der Waals surface area contributed by atoms with Crippen molar-refractivity contribution >= 4 is 11.8 Å². The van der Waals surface area contributed by atoms with Crippen LogP contribution in [0.2, 0.25) is 0 Å². The first-order valence-electron chi connectivity index (χ1n) is 6.85. The van der Waals surface area contributed by atoms with E-state index in [1.807, 2.05) is 6.92 Å². The summed E-state index contributed by atoms with van der Waals surface area (Å²) >= 11 is 0. The average Bonchev–Trinajstić information content (AvgIpc) is 2.35. The van der Waals surface area contributed by atoms with Gasteiger partial charge in [-0.2, -0.15) is 0 Å². The molecule has 0 aromatic rings. The lowest BCUT2D eigenvalue weighted by Crippen LogP contribution is -2.40. The van der Waals surface area contributed by atoms with Crippen LogP contribution in [0.1, 0.15) is 33.1 Å². The van der Waals surface area contributed by atoms with Gasteiger partial charge in [-0.15, -0.1) is 0 Å². The summed E-state index contributed by atoms with van der Waals surface area (Å²) in [4.78, 5) is 22.8. The topological polar surface area (TPSA) is 79.5 Å². The molecular formula is C13H27N3O3. The van der Waals surface area contributed by atoms with Gasteiger partial charge in [0.25, 0.3) is 0 Å². The van der Waals surface area contributed by atoms with Crippen LogP contribution in [0.5, 0.6) is 0 Å². The third-order valence-corrected chi connectivity index (χ3v) is 2.57. The number of methoxy groups -OCH3 is 1. The Kier molecular flexibility index (Phi) is 11.2. The standard InChI is InChI=1S/C13H27N3O3/c1-4-5-11(2)16-13(18)10-14-7-6-12(17)15-8-9-19-3/h11,14H,4-10H2,1-3H3,(H,15,17)(H,16,18). The first kappa shape index (κ1) is 17.9. The number of carbonyl (C=O) groups is 2. The first-order chi connectivity index (χ1) is 9.10. The van der Waals surface area contributed by atoms with Gasteiger partial charge >= 0.3 is 0 Å². The van der Waals surface area contributed by atoms with Crippen LogP contribution in [0, 0.1) is 0 Å². The van der Waals surface area contributed by atoms with E-state index in [2.05, 4.69) is 22.9 Å². The number of hydrogen-bond acceptors (Lipinski definition) is 4. The molecule has 0 fully saturated rings. The van der Waals surface area contributed by atoms with Crippen LogP contribution in [0.3, 0.4) is 0 Å². The van der Waals surface area contributed by atoms with Gasteiger partial charge in [0, 0.05) is 32.7 Å². The molecule has 0 saturated carbocycles. The van der Waals surface area contributed by atoms with E-state index < -0.39 is 0 Å². The maximum atomic E-state index is 11.5. The van der Waals surface area contributed by atoms with Crippen molar-refractivity contribution in [2.75, 3.05) is 33.4 Å². The lowest BCUT2D eigenvalue weighted by molar-refractivity contribution is -0.122. The largest absolute Gasteiger partial charge is 0.383 e. The third-order valence-electron chi connectivity index (χ3n) is 2.57. The van der Waals surface area contributed by atoms with E-state index in [4.69, 9.17) is 4.74 Å². The molecule has 6 heteroatoms. The molecule has 0 bridgehead atoms. The van der Waals surface area contributed by atoms with Crippen molar-refractivity contribution in [3.8, 4) is 0 Å². The summed E-state index contributed by atoms with van der Waals surface area (Å²) in [7, 11) is 1.59. The Morgan fingerprint density at radius 3 is 2.58 bits per heavy atom. The molecule has 0 aromatic carbocycles. The number of rotatable bonds is 11. The number of ether oxygens (including phenoxy) is 1. The Morgan fingerprint density at radius 1 is 1.21 bits per heavy atom. The predicted octanol–water partition coefficient (Wildman–Crippen LogP) is 0.0335. The van der Waals surface area contributed by atoms with E-state index in [-0.39, 0.29) is 24.4 Å². The van der Waals surface area contributed by atoms with Gasteiger partial charge in [0.1, 0.15) is 0 Å². The van der Waals surface area contributed by atoms with Crippen molar-refractivity contribution in [2.45, 2.75) is 39.2 Å². The summed E-state index contributed by atoms with van der Waals surface area (Å²) in [6.45, 7) is 5.85. The van der Waals surface area contributed by atoms with E-state index in [9.17, 15) is 9.59 Å². The Labute approximate surface area is 115 Å². The Bertz CT molecular complexity index is 260. The minimum Gasteiger partial charge on any atom is -0.383 e. The molecule has 0 heterocycles. The molecule has 0 aliphatic carbocycles. The van der Waals surface area contributed by atoms with E-state index in [1.165, 1.54) is 0 Å². The van der Waals surface area contributed by atoms with E-state index in [0.717, 1.165) is 12.8 Å². The van der Waals surface area contributed by atoms with Crippen LogP contribution in [0.4, 0.5) is 0 Å². The fourth-order valence-electron chi connectivity index (χ4n) is 1.62. The molecule has 1 atom stereocenters. The Morgan fingerprint density at radius 2 is 1.95 bits per heavy atom. The van der Waals surface area contributed by atoms with E-state index in [1.54, 1.807) is 7.11 Å². The molecule has 112 valence electrons. The molecule has 0 radical (unpaired) electrons. The first-order valence-corrected chi connectivity index (χ1v) is 6.85. The smallest absolute Gasteiger partial charge is 0.234 e. The highest BCUT2D eigenvalue weighted by Gasteiger charge is 2.06. The minimum absolute atomic E-state index is 0.0271. The molecule has 0 rings (SSSR count). The predicted molar refractivity (Wildman–Crippen MR) is 74.9 cm³/mol. The van der Waals surface area contributed by atoms with Crippen molar-refractivity contribution in [3.63, 3.8) is 0 Å². The number of hydrogen-bond donors (Lipinski definition) is 3. The minimum atomic E-state index is -0.0377. The average molecular weight is 273 g/mol. The summed E-state index contributed by atoms with van der Waals surface area (Å²) in [6, 6.07) is 0.205. The van der Waals surface area contributed by atoms with Gasteiger partial charge in [-0.25, -0.2) is 0 Å². The van der Waals surface area contributed by atoms with Crippen molar-refractivity contribution in [3.05, 3.63) is 0 Å². The maximum absolute atomic E-state index is 11.5. The normalized spacial score (nSPS) is 11.9. The maximum Gasteiger partial charge on any atom is 0.234 e. The quantitative estimate of drug-likeness (QED) is 0.464. The van der Waals surface area contributed by atoms with E-state index >= 15 is 0 Å². The fraction of sp³-hybridized carbons (Fsp3) is 0.846. The summed E-state index contributed by atoms with van der Waals surface area (Å²) in [6.07, 6.45) is 2.39. The fourth-order valence-corrected chi connectivity index (χ4v) is 1.62. The third kappa shape index (κ3) is 11.7. The SMILES string of the molecule is CCCC(C)NC(=O)CNCCC(=O)NCCOC. The molecule has 0 spiro atoms. The molecule has 6 nitrogen and oxygen atoms in total. The molecule has 0 aliphatic rings. The van der Waals surface area contributed by atoms with Crippen LogP contribution >= 0.6 is 0 Å². The number of carbonyl (C=O) groups excluding carboxylic acids is 2. The number of amides is 2. The molecule has 1 unspecified atom stereocenters. The van der Waals surface area contributed by atoms with E-state index in [0.29, 0.717) is 26.1 Å². The summed E-state index contributed by atoms with van der Waals surface area (Å²) in [5.74, 6) is -0.0648. The van der Waals surface area contributed by atoms with Gasteiger partial charge in [0.2, 0.25) is 11.8 Å². The van der Waals surface area contributed by atoms with Crippen LogP contribution in [0.15, 0.2) is 0 Å². The van der Waals surface area contributed by atoms with Crippen LogP contribution in [0.25, 0.3) is 0 Å². The van der Waals surface area contributed by atoms with Gasteiger partial charge in [-0.1, -0.05) is 13.3 Å². The second kappa shape index (κ2) is 11.9. The Hall–Kier alpha value is -1.14. The van der Waals surface area contributed by atoms with Crippen LogP contribution < -0.4 is 16.0 Å². The summed E-state index contributed by atoms with van der Waals surface area (Å²) < 4.78 is 4.82. The monoisotopic (exact) mass is 273 g/mol. The molecule has 0 aliphatic heterocycles. The molecular weight excluding hydrogens is 246 g/mol. The van der Waals surface area contributed by atoms with Crippen molar-refractivity contribution in [1.82, 2.24) is 16.0 Å². The molecule has 0 aromatic heterocycles. The second-order valence-electron chi connectivity index (χ2n) is 4.53. The lowest BCUT2D eigenvalue weighted by Gasteiger charge is -2.13. The van der Waals surface area contributed by atoms with Crippen LogP contribution in [-0.4, -0.2) is 51.2 Å². The zero-order valence-corrected chi connectivity index (χ0v) is 12.3. The van der Waals surface area contributed by atoms with Crippen LogP contribution in [-0.2, 0) is 14.3 Å². The van der Waals surface area contributed by atoms with Crippen molar-refractivity contribution in [2.24, 2.45) is 0 Å². The van der Waals surface area contributed by atoms with Gasteiger partial charge in [-0.05, 0) is 13.3 Å². The molecule has 3 N–H and O–H groups in total. The molecule has 0 saturated heterocycles. The zero-order valence-electron chi connectivity index (χ0n) is 12.3. The molecule has 19 heavy (non-hydrogen) atoms.